The number of likely N-dealkylation sites (N-methyl/N-ethyl adjacent to an activating group) is 1. The molecule has 0 saturated carbocycles. The maximum Gasteiger partial charge on any atom is 0.322 e. The van der Waals surface area contributed by atoms with E-state index in [0.29, 0.717) is 6.54 Å². The van der Waals surface area contributed by atoms with Gasteiger partial charge in [-0.05, 0) is 35.9 Å². The highest BCUT2D eigenvalue weighted by Crippen LogP contribution is 2.29. The number of fused-ring (bicyclic) bond motifs is 1. The predicted molar refractivity (Wildman–Crippen MR) is 140 cm³/mol. The number of halogens is 1. The number of rotatable bonds is 4. The molecule has 2 N–H and O–H groups in total. The molecule has 3 aliphatic rings. The molecule has 9 nitrogen and oxygen atoms in total. The molecule has 0 bridgehead atoms. The summed E-state index contributed by atoms with van der Waals surface area (Å²) >= 11 is 0. The van der Waals surface area contributed by atoms with E-state index in [1.54, 1.807) is 19.2 Å². The van der Waals surface area contributed by atoms with E-state index in [2.05, 4.69) is 51.3 Å². The molecule has 1 atom stereocenters. The molecule has 3 aliphatic heterocycles. The maximum absolute atomic E-state index is 13.6. The minimum atomic E-state index is -0.757. The van der Waals surface area contributed by atoms with Crippen LogP contribution in [0, 0.1) is 17.7 Å². The monoisotopic (exact) mass is 521 g/mol. The topological polar surface area (TPSA) is 94.2 Å². The van der Waals surface area contributed by atoms with Crippen LogP contribution in [-0.4, -0.2) is 85.5 Å². The van der Waals surface area contributed by atoms with Crippen molar-refractivity contribution in [1.82, 2.24) is 25.3 Å². The molecular formula is C28H32FN5O4. The van der Waals surface area contributed by atoms with Gasteiger partial charge in [0, 0.05) is 51.9 Å². The number of nitrogens with one attached hydrogen (secondary N) is 2. The van der Waals surface area contributed by atoms with Crippen LogP contribution in [0.5, 0.6) is 5.75 Å². The molecule has 3 heterocycles. The summed E-state index contributed by atoms with van der Waals surface area (Å²) < 4.78 is 18.4. The zero-order chi connectivity index (χ0) is 27.2. The van der Waals surface area contributed by atoms with E-state index in [4.69, 9.17) is 4.74 Å². The fourth-order valence-corrected chi connectivity index (χ4v) is 4.53. The number of benzene rings is 2. The summed E-state index contributed by atoms with van der Waals surface area (Å²) in [6, 6.07) is 10.1. The summed E-state index contributed by atoms with van der Waals surface area (Å²) in [5.74, 6) is 4.60. The molecule has 5 rings (SSSR count). The average Bonchev–Trinajstić information content (AvgIpc) is 3.40. The van der Waals surface area contributed by atoms with Gasteiger partial charge in [-0.25, -0.2) is 9.18 Å². The van der Waals surface area contributed by atoms with Crippen LogP contribution in [0.25, 0.3) is 0 Å². The Bertz CT molecular complexity index is 1260. The molecule has 1 unspecified atom stereocenters. The van der Waals surface area contributed by atoms with Crippen LogP contribution in [-0.2, 0) is 17.9 Å². The summed E-state index contributed by atoms with van der Waals surface area (Å²) in [4.78, 5) is 40.4. The van der Waals surface area contributed by atoms with Gasteiger partial charge in [-0.15, -0.1) is 0 Å². The van der Waals surface area contributed by atoms with Crippen LogP contribution in [0.3, 0.4) is 0 Å². The van der Waals surface area contributed by atoms with Gasteiger partial charge in [0.15, 0.2) is 17.6 Å². The van der Waals surface area contributed by atoms with Crippen molar-refractivity contribution in [3.05, 3.63) is 64.5 Å². The van der Waals surface area contributed by atoms with Crippen LogP contribution < -0.4 is 15.4 Å². The fourth-order valence-electron chi connectivity index (χ4n) is 4.53. The third-order valence-electron chi connectivity index (χ3n) is 6.79. The Labute approximate surface area is 221 Å². The molecule has 2 saturated heterocycles. The van der Waals surface area contributed by atoms with Gasteiger partial charge in [0.05, 0.1) is 12.7 Å². The Balaban J connectivity index is 0.000000204. The number of hydrogen-bond donors (Lipinski definition) is 2. The molecular weight excluding hydrogens is 489 g/mol. The molecule has 0 radical (unpaired) electrons. The lowest BCUT2D eigenvalue weighted by Crippen LogP contribution is -2.45. The number of urea groups is 1. The van der Waals surface area contributed by atoms with Crippen LogP contribution in [0.4, 0.5) is 9.18 Å². The summed E-state index contributed by atoms with van der Waals surface area (Å²) in [7, 11) is 3.03. The highest BCUT2D eigenvalue weighted by Gasteiger charge is 2.30. The van der Waals surface area contributed by atoms with E-state index in [0.717, 1.165) is 50.4 Å². The van der Waals surface area contributed by atoms with E-state index < -0.39 is 23.8 Å². The number of carbonyl (C=O) groups is 3. The Morgan fingerprint density at radius 2 is 1.71 bits per heavy atom. The van der Waals surface area contributed by atoms with Gasteiger partial charge in [0.1, 0.15) is 0 Å². The van der Waals surface area contributed by atoms with Crippen molar-refractivity contribution >= 4 is 17.8 Å². The lowest BCUT2D eigenvalue weighted by molar-refractivity contribution is -0.119. The number of nitrogens with zero attached hydrogens (tertiary/aromatic N) is 3. The lowest BCUT2D eigenvalue weighted by Gasteiger charge is -2.34. The maximum atomic E-state index is 13.6. The zero-order valence-corrected chi connectivity index (χ0v) is 21.8. The van der Waals surface area contributed by atoms with Gasteiger partial charge in [-0.3, -0.25) is 19.8 Å². The molecule has 4 amide bonds. The van der Waals surface area contributed by atoms with Gasteiger partial charge < -0.3 is 19.9 Å². The lowest BCUT2D eigenvalue weighted by atomic mass is 10.1. The zero-order valence-electron chi connectivity index (χ0n) is 21.8. The first-order chi connectivity index (χ1) is 18.3. The Morgan fingerprint density at radius 1 is 1.03 bits per heavy atom. The van der Waals surface area contributed by atoms with Gasteiger partial charge in [-0.1, -0.05) is 37.0 Å². The first kappa shape index (κ1) is 27.1. The average molecular weight is 522 g/mol. The number of methoxy groups -OCH3 is 1. The highest BCUT2D eigenvalue weighted by atomic mass is 19.1. The van der Waals surface area contributed by atoms with Crippen molar-refractivity contribution in [2.45, 2.75) is 26.1 Å². The first-order valence-electron chi connectivity index (χ1n) is 12.6. The number of ether oxygens (including phenoxy) is 1. The van der Waals surface area contributed by atoms with E-state index in [9.17, 15) is 18.8 Å². The third kappa shape index (κ3) is 6.30. The van der Waals surface area contributed by atoms with Gasteiger partial charge in [0.25, 0.3) is 11.8 Å². The van der Waals surface area contributed by atoms with Gasteiger partial charge in [0.2, 0.25) is 0 Å². The largest absolute Gasteiger partial charge is 0.494 e. The highest BCUT2D eigenvalue weighted by molar-refractivity contribution is 6.05. The quantitative estimate of drug-likeness (QED) is 0.471. The van der Waals surface area contributed by atoms with Crippen molar-refractivity contribution < 1.29 is 23.5 Å². The number of hydrogen-bond acceptors (Lipinski definition) is 6. The van der Waals surface area contributed by atoms with E-state index >= 15 is 0 Å². The molecule has 2 aromatic carbocycles. The second kappa shape index (κ2) is 12.1. The number of piperazine rings is 1. The SMILES string of the molecule is CCN1CCN(Cc2ccc(C#CC3NC(=O)NC3=O)cc2)CC1.COc1ccc2c(c1F)C(=O)N(C)C2. The number of imide groups is 1. The summed E-state index contributed by atoms with van der Waals surface area (Å²) in [5, 5.41) is 4.63. The molecule has 200 valence electrons. The second-order valence-electron chi connectivity index (χ2n) is 9.35. The van der Waals surface area contributed by atoms with E-state index in [1.165, 1.54) is 17.6 Å². The normalized spacial score (nSPS) is 19.1. The standard InChI is InChI=1S/C18H22N4O2.C10H10FNO2/c1-2-21-9-11-22(12-10-21)13-15-5-3-14(4-6-15)7-8-16-17(23)20-18(24)19-16;1-12-5-6-3-4-7(14-2)9(11)8(6)10(12)13/h3-6,16H,2,9-13H2,1H3,(H2,19,20,23,24);3-4H,5H2,1-2H3. The minimum Gasteiger partial charge on any atom is -0.494 e. The van der Waals surface area contributed by atoms with Gasteiger partial charge in [-0.2, -0.15) is 0 Å². The Morgan fingerprint density at radius 3 is 2.32 bits per heavy atom. The van der Waals surface area contributed by atoms with E-state index in [1.807, 2.05) is 12.1 Å². The van der Waals surface area contributed by atoms with Crippen LogP contribution in [0.15, 0.2) is 36.4 Å². The summed E-state index contributed by atoms with van der Waals surface area (Å²) in [6.45, 7) is 9.22. The number of carbonyl (C=O) groups excluding carboxylic acids is 3. The van der Waals surface area contributed by atoms with Crippen molar-refractivity contribution in [3.63, 3.8) is 0 Å². The van der Waals surface area contributed by atoms with Crippen molar-refractivity contribution in [2.75, 3.05) is 46.9 Å². The minimum absolute atomic E-state index is 0.118. The van der Waals surface area contributed by atoms with Crippen LogP contribution in [0.1, 0.15) is 34.0 Å². The first-order valence-corrected chi connectivity index (χ1v) is 12.6. The van der Waals surface area contributed by atoms with Gasteiger partial charge >= 0.3 is 6.03 Å². The number of amides is 4. The Kier molecular flexibility index (Phi) is 8.61. The fraction of sp³-hybridized carbons (Fsp3) is 0.393. The van der Waals surface area contributed by atoms with Crippen molar-refractivity contribution in [3.8, 4) is 17.6 Å². The summed E-state index contributed by atoms with van der Waals surface area (Å²) in [6.07, 6.45) is 0. The second-order valence-corrected chi connectivity index (χ2v) is 9.35. The van der Waals surface area contributed by atoms with Crippen LogP contribution in [0.2, 0.25) is 0 Å². The molecule has 2 aromatic rings. The molecule has 38 heavy (non-hydrogen) atoms. The summed E-state index contributed by atoms with van der Waals surface area (Å²) in [5.41, 5.74) is 2.96. The van der Waals surface area contributed by atoms with Crippen LogP contribution >= 0.6 is 0 Å². The predicted octanol–water partition coefficient (Wildman–Crippen LogP) is 1.80. The molecule has 10 heteroatoms. The Hall–Kier alpha value is -3.94. The van der Waals surface area contributed by atoms with Crippen molar-refractivity contribution in [1.29, 1.82) is 0 Å². The third-order valence-corrected chi connectivity index (χ3v) is 6.79. The van der Waals surface area contributed by atoms with Crippen molar-refractivity contribution in [2.24, 2.45) is 0 Å². The molecule has 2 fully saturated rings. The molecule has 0 spiro atoms. The molecule has 0 aliphatic carbocycles. The smallest absolute Gasteiger partial charge is 0.322 e. The molecule has 0 aromatic heterocycles. The van der Waals surface area contributed by atoms with E-state index in [-0.39, 0.29) is 17.2 Å².